The van der Waals surface area contributed by atoms with Crippen molar-refractivity contribution in [2.24, 2.45) is 0 Å². The van der Waals surface area contributed by atoms with E-state index in [9.17, 15) is 30.0 Å². The van der Waals surface area contributed by atoms with E-state index in [2.05, 4.69) is 0 Å². The van der Waals surface area contributed by atoms with Crippen molar-refractivity contribution in [1.82, 2.24) is 0 Å². The summed E-state index contributed by atoms with van der Waals surface area (Å²) in [7, 11) is 1.37. The number of hydrogen-bond donors (Lipinski definition) is 5. The molecule has 0 heterocycles. The molecule has 9 nitrogen and oxygen atoms in total. The molecule has 0 aromatic heterocycles. The second-order valence-corrected chi connectivity index (χ2v) is 6.04. The number of carbonyl (C=O) groups excluding carboxylic acids is 1. The molecule has 0 bridgehead atoms. The van der Waals surface area contributed by atoms with Crippen molar-refractivity contribution in [3.05, 3.63) is 29.8 Å². The number of aliphatic hydroxyl groups is 3. The highest BCUT2D eigenvalue weighted by Gasteiger charge is 2.50. The molecule has 142 valence electrons. The Morgan fingerprint density at radius 3 is 2.58 bits per heavy atom. The molecule has 1 aromatic carbocycles. The third kappa shape index (κ3) is 4.31. The number of carbonyl (C=O) groups is 2. The van der Waals surface area contributed by atoms with Crippen LogP contribution in [-0.2, 0) is 14.3 Å². The van der Waals surface area contributed by atoms with Crippen LogP contribution in [0, 0.1) is 0 Å². The first-order valence-corrected chi connectivity index (χ1v) is 7.74. The SMILES string of the molecule is COc1cc(C=CC(=O)O[C@H]2C[C@@](O)(C(=O)O)C[C@@H](O)[C@@H]2O)ccc1O. The minimum absolute atomic E-state index is 0.0699. The van der Waals surface area contributed by atoms with Gasteiger partial charge in [0.2, 0.25) is 0 Å². The molecule has 0 saturated heterocycles. The molecule has 26 heavy (non-hydrogen) atoms. The van der Waals surface area contributed by atoms with E-state index >= 15 is 0 Å². The number of methoxy groups -OCH3 is 1. The average molecular weight is 368 g/mol. The number of aliphatic hydroxyl groups excluding tert-OH is 2. The van der Waals surface area contributed by atoms with E-state index in [0.29, 0.717) is 5.56 Å². The summed E-state index contributed by atoms with van der Waals surface area (Å²) >= 11 is 0. The maximum atomic E-state index is 11.9. The van der Waals surface area contributed by atoms with Crippen molar-refractivity contribution in [3.63, 3.8) is 0 Å². The number of aliphatic carboxylic acids is 1. The number of aromatic hydroxyl groups is 1. The third-order valence-corrected chi connectivity index (χ3v) is 4.14. The molecule has 1 saturated carbocycles. The number of benzene rings is 1. The van der Waals surface area contributed by atoms with Gasteiger partial charge in [0.15, 0.2) is 17.1 Å². The Bertz CT molecular complexity index is 714. The first-order valence-electron chi connectivity index (χ1n) is 7.74. The fraction of sp³-hybridized carbons (Fsp3) is 0.412. The number of ether oxygens (including phenoxy) is 2. The van der Waals surface area contributed by atoms with Gasteiger partial charge in [-0.15, -0.1) is 0 Å². The van der Waals surface area contributed by atoms with Crippen molar-refractivity contribution >= 4 is 18.0 Å². The minimum atomic E-state index is -2.29. The summed E-state index contributed by atoms with van der Waals surface area (Å²) in [5.41, 5.74) is -1.78. The van der Waals surface area contributed by atoms with Crippen LogP contribution in [0.4, 0.5) is 0 Å². The standard InChI is InChI=1S/C17H20O9/c1-25-12-6-9(2-4-10(12)18)3-5-14(20)26-13-8-17(24,16(22)23)7-11(19)15(13)21/h2-6,11,13,15,18-19,21,24H,7-8H2,1H3,(H,22,23)/t11-,13+,15+,17-/m1/s1. The van der Waals surface area contributed by atoms with Gasteiger partial charge in [0.25, 0.3) is 0 Å². The van der Waals surface area contributed by atoms with E-state index < -0.39 is 48.7 Å². The molecule has 0 aliphatic heterocycles. The predicted molar refractivity (Wildman–Crippen MR) is 87.4 cm³/mol. The Hall–Kier alpha value is -2.62. The van der Waals surface area contributed by atoms with Gasteiger partial charge >= 0.3 is 11.9 Å². The van der Waals surface area contributed by atoms with Crippen molar-refractivity contribution in [3.8, 4) is 11.5 Å². The molecule has 0 radical (unpaired) electrons. The summed E-state index contributed by atoms with van der Waals surface area (Å²) in [5, 5.41) is 48.2. The lowest BCUT2D eigenvalue weighted by Gasteiger charge is -2.39. The molecule has 4 atom stereocenters. The van der Waals surface area contributed by atoms with Crippen LogP contribution in [0.3, 0.4) is 0 Å². The molecule has 0 unspecified atom stereocenters. The van der Waals surface area contributed by atoms with Crippen molar-refractivity contribution in [2.75, 3.05) is 7.11 Å². The van der Waals surface area contributed by atoms with Gasteiger partial charge in [-0.3, -0.25) is 0 Å². The summed E-state index contributed by atoms with van der Waals surface area (Å²) in [4.78, 5) is 23.1. The zero-order valence-electron chi connectivity index (χ0n) is 13.9. The van der Waals surface area contributed by atoms with Gasteiger partial charge in [0.1, 0.15) is 12.2 Å². The van der Waals surface area contributed by atoms with E-state index in [-0.39, 0.29) is 11.5 Å². The number of esters is 1. The van der Waals surface area contributed by atoms with Crippen LogP contribution in [0.1, 0.15) is 18.4 Å². The number of hydrogen-bond acceptors (Lipinski definition) is 8. The highest BCUT2D eigenvalue weighted by molar-refractivity contribution is 5.87. The maximum absolute atomic E-state index is 11.9. The fourth-order valence-corrected chi connectivity index (χ4v) is 2.69. The molecule has 2 rings (SSSR count). The molecule has 0 spiro atoms. The van der Waals surface area contributed by atoms with Gasteiger partial charge in [-0.25, -0.2) is 9.59 Å². The van der Waals surface area contributed by atoms with Crippen LogP contribution in [0.5, 0.6) is 11.5 Å². The van der Waals surface area contributed by atoms with E-state index in [1.807, 2.05) is 0 Å². The number of carboxylic acids is 1. The zero-order chi connectivity index (χ0) is 19.5. The molecule has 1 aromatic rings. The van der Waals surface area contributed by atoms with E-state index in [1.165, 1.54) is 31.4 Å². The average Bonchev–Trinajstić information content (AvgIpc) is 2.58. The van der Waals surface area contributed by atoms with E-state index in [1.54, 1.807) is 0 Å². The summed E-state index contributed by atoms with van der Waals surface area (Å²) < 4.78 is 9.92. The lowest BCUT2D eigenvalue weighted by Crippen LogP contribution is -2.57. The molecule has 1 aliphatic carbocycles. The van der Waals surface area contributed by atoms with Crippen molar-refractivity contribution < 1.29 is 44.6 Å². The highest BCUT2D eigenvalue weighted by atomic mass is 16.6. The second-order valence-electron chi connectivity index (χ2n) is 6.04. The van der Waals surface area contributed by atoms with Gasteiger partial charge < -0.3 is 35.0 Å². The van der Waals surface area contributed by atoms with Crippen LogP contribution in [0.15, 0.2) is 24.3 Å². The van der Waals surface area contributed by atoms with Crippen LogP contribution in [0.25, 0.3) is 6.08 Å². The lowest BCUT2D eigenvalue weighted by atomic mass is 9.79. The molecule has 5 N–H and O–H groups in total. The number of phenolic OH excluding ortho intramolecular Hbond substituents is 1. The Balaban J connectivity index is 2.07. The van der Waals surface area contributed by atoms with Gasteiger partial charge in [0, 0.05) is 18.9 Å². The quantitative estimate of drug-likeness (QED) is 0.347. The number of phenols is 1. The largest absolute Gasteiger partial charge is 0.504 e. The maximum Gasteiger partial charge on any atom is 0.335 e. The fourth-order valence-electron chi connectivity index (χ4n) is 2.69. The van der Waals surface area contributed by atoms with Gasteiger partial charge in [0.05, 0.1) is 13.2 Å². The lowest BCUT2D eigenvalue weighted by molar-refractivity contribution is -0.196. The minimum Gasteiger partial charge on any atom is -0.504 e. The smallest absolute Gasteiger partial charge is 0.335 e. The predicted octanol–water partition coefficient (Wildman–Crippen LogP) is -0.343. The van der Waals surface area contributed by atoms with Crippen LogP contribution in [0.2, 0.25) is 0 Å². The Morgan fingerprint density at radius 1 is 1.27 bits per heavy atom. The van der Waals surface area contributed by atoms with Gasteiger partial charge in [-0.05, 0) is 23.8 Å². The summed E-state index contributed by atoms with van der Waals surface area (Å²) in [5.74, 6) is -2.34. The molecule has 1 fully saturated rings. The van der Waals surface area contributed by atoms with Crippen LogP contribution < -0.4 is 4.74 Å². The topological polar surface area (TPSA) is 154 Å². The first kappa shape index (κ1) is 19.7. The van der Waals surface area contributed by atoms with E-state index in [0.717, 1.165) is 6.08 Å². The normalized spacial score (nSPS) is 28.7. The van der Waals surface area contributed by atoms with Crippen LogP contribution in [-0.4, -0.2) is 68.5 Å². The van der Waals surface area contributed by atoms with Gasteiger partial charge in [-0.2, -0.15) is 0 Å². The van der Waals surface area contributed by atoms with Crippen LogP contribution >= 0.6 is 0 Å². The number of rotatable bonds is 5. The Morgan fingerprint density at radius 2 is 1.96 bits per heavy atom. The molecular formula is C17H20O9. The third-order valence-electron chi connectivity index (χ3n) is 4.14. The number of carboxylic acid groups (broad SMARTS) is 1. The monoisotopic (exact) mass is 368 g/mol. The van der Waals surface area contributed by atoms with E-state index in [4.69, 9.17) is 14.6 Å². The van der Waals surface area contributed by atoms with Crippen molar-refractivity contribution in [2.45, 2.75) is 36.8 Å². The van der Waals surface area contributed by atoms with Crippen molar-refractivity contribution in [1.29, 1.82) is 0 Å². The highest BCUT2D eigenvalue weighted by Crippen LogP contribution is 2.31. The first-order chi connectivity index (χ1) is 12.2. The Kier molecular flexibility index (Phi) is 5.86. The molecule has 9 heteroatoms. The molecule has 0 amide bonds. The second kappa shape index (κ2) is 7.73. The summed E-state index contributed by atoms with van der Waals surface area (Å²) in [6.07, 6.45) is -3.17. The zero-order valence-corrected chi connectivity index (χ0v) is 13.9. The Labute approximate surface area is 148 Å². The summed E-state index contributed by atoms with van der Waals surface area (Å²) in [6.45, 7) is 0. The molecule has 1 aliphatic rings. The summed E-state index contributed by atoms with van der Waals surface area (Å²) in [6, 6.07) is 4.36. The molecular weight excluding hydrogens is 348 g/mol. The van der Waals surface area contributed by atoms with Gasteiger partial charge in [-0.1, -0.05) is 6.07 Å².